The lowest BCUT2D eigenvalue weighted by Crippen LogP contribution is -2.32. The van der Waals surface area contributed by atoms with Gasteiger partial charge in [-0.3, -0.25) is 0 Å². The van der Waals surface area contributed by atoms with E-state index >= 15 is 0 Å². The van der Waals surface area contributed by atoms with Crippen molar-refractivity contribution in [1.82, 2.24) is 0 Å². The Hall–Kier alpha value is -9.70. The molecule has 16 rings (SSSR count). The highest BCUT2D eigenvalue weighted by molar-refractivity contribution is 6.04. The van der Waals surface area contributed by atoms with Crippen molar-refractivity contribution < 1.29 is 9.47 Å². The van der Waals surface area contributed by atoms with E-state index in [1.807, 2.05) is 0 Å². The fourth-order valence-corrected chi connectivity index (χ4v) is 13.6. The van der Waals surface area contributed by atoms with Crippen molar-refractivity contribution in [2.45, 2.75) is 10.8 Å². The summed E-state index contributed by atoms with van der Waals surface area (Å²) in [6, 6.07) is 100. The van der Waals surface area contributed by atoms with Crippen LogP contribution >= 0.6 is 0 Å². The summed E-state index contributed by atoms with van der Waals surface area (Å²) in [5, 5.41) is 2.33. The van der Waals surface area contributed by atoms with Crippen LogP contribution in [0.5, 0.6) is 23.0 Å². The van der Waals surface area contributed by atoms with E-state index in [1.54, 1.807) is 0 Å². The minimum absolute atomic E-state index is 0.637. The van der Waals surface area contributed by atoms with E-state index in [0.29, 0.717) is 0 Å². The minimum Gasteiger partial charge on any atom is -0.457 e. The van der Waals surface area contributed by atoms with E-state index in [0.717, 1.165) is 73.3 Å². The van der Waals surface area contributed by atoms with Crippen molar-refractivity contribution in [3.8, 4) is 67.5 Å². The van der Waals surface area contributed by atoms with Crippen LogP contribution in [0.4, 0.5) is 17.1 Å². The van der Waals surface area contributed by atoms with Crippen molar-refractivity contribution in [1.29, 1.82) is 0 Å². The lowest BCUT2D eigenvalue weighted by molar-refractivity contribution is 0.436. The molecule has 1 atom stereocenters. The highest BCUT2D eigenvalue weighted by Crippen LogP contribution is 2.67. The molecule has 0 fully saturated rings. The van der Waals surface area contributed by atoms with Gasteiger partial charge >= 0.3 is 0 Å². The number of para-hydroxylation sites is 3. The van der Waals surface area contributed by atoms with Crippen molar-refractivity contribution in [3.05, 3.63) is 317 Å². The normalized spacial score (nSPS) is 15.3. The molecule has 350 valence electrons. The van der Waals surface area contributed by atoms with E-state index < -0.39 is 10.8 Å². The third-order valence-corrected chi connectivity index (χ3v) is 16.6. The third-order valence-electron chi connectivity index (χ3n) is 16.6. The maximum Gasteiger partial charge on any atom is 0.132 e. The molecule has 0 amide bonds. The van der Waals surface area contributed by atoms with Gasteiger partial charge in [-0.05, 0) is 121 Å². The van der Waals surface area contributed by atoms with E-state index in [4.69, 9.17) is 9.47 Å². The second kappa shape index (κ2) is 15.9. The highest BCUT2D eigenvalue weighted by Gasteiger charge is 2.54. The maximum atomic E-state index is 6.96. The number of rotatable bonds is 5. The third kappa shape index (κ3) is 5.75. The van der Waals surface area contributed by atoms with Crippen molar-refractivity contribution in [2.24, 2.45) is 0 Å². The number of fused-ring (bicyclic) bond motifs is 19. The first-order valence-electron chi connectivity index (χ1n) is 25.9. The molecule has 0 saturated heterocycles. The van der Waals surface area contributed by atoms with Gasteiger partial charge in [0.1, 0.15) is 23.0 Å². The molecule has 0 aromatic heterocycles. The van der Waals surface area contributed by atoms with Crippen LogP contribution in [-0.2, 0) is 10.8 Å². The Morgan fingerprint density at radius 2 is 0.627 bits per heavy atom. The van der Waals surface area contributed by atoms with Gasteiger partial charge in [-0.25, -0.2) is 0 Å². The van der Waals surface area contributed by atoms with Crippen LogP contribution in [0.15, 0.2) is 273 Å². The topological polar surface area (TPSA) is 21.7 Å². The largest absolute Gasteiger partial charge is 0.457 e. The fourth-order valence-electron chi connectivity index (χ4n) is 13.6. The first-order valence-corrected chi connectivity index (χ1v) is 25.9. The molecule has 12 aromatic carbocycles. The molecule has 4 aliphatic rings. The lowest BCUT2D eigenvalue weighted by atomic mass is 9.66. The molecular formula is C72H45NO2. The van der Waals surface area contributed by atoms with Crippen LogP contribution in [-0.4, -0.2) is 0 Å². The molecule has 0 radical (unpaired) electrons. The molecule has 3 heteroatoms. The smallest absolute Gasteiger partial charge is 0.132 e. The predicted octanol–water partition coefficient (Wildman–Crippen LogP) is 18.6. The predicted molar refractivity (Wildman–Crippen MR) is 304 cm³/mol. The molecule has 75 heavy (non-hydrogen) atoms. The summed E-state index contributed by atoms with van der Waals surface area (Å²) in [6.45, 7) is 0. The van der Waals surface area contributed by atoms with Gasteiger partial charge in [-0.15, -0.1) is 0 Å². The maximum absolute atomic E-state index is 6.96. The highest BCUT2D eigenvalue weighted by atomic mass is 16.5. The minimum atomic E-state index is -0.678. The molecule has 0 saturated carbocycles. The average Bonchev–Trinajstić information content (AvgIpc) is 3.99. The lowest BCUT2D eigenvalue weighted by Gasteiger charge is -2.40. The summed E-state index contributed by atoms with van der Waals surface area (Å²) in [7, 11) is 0. The van der Waals surface area contributed by atoms with Crippen LogP contribution in [0.2, 0.25) is 0 Å². The fraction of sp³-hybridized carbons (Fsp3) is 0.0278. The monoisotopic (exact) mass is 955 g/mol. The molecule has 2 aliphatic heterocycles. The standard InChI is InChI=1S/C72H45NO2/c1-2-18-46(19-3-1)47-36-38-48(39-37-47)49-40-42-52(43-41-49)73(63-31-16-29-60-69(63)53-22-6-8-24-55(53)71(60)57-26-10-13-33-65(57)74-66-34-14-11-27-58(66)71)64-32-17-30-61-70(64)54-23-7-9-25-56(54)72(61)59-28-12-15-35-67(59)75-68-45-51-21-5-4-20-50(51)44-62(68)72/h1-45H. The summed E-state index contributed by atoms with van der Waals surface area (Å²) in [5.74, 6) is 3.50. The molecule has 2 spiro atoms. The zero-order valence-electron chi connectivity index (χ0n) is 40.7. The molecule has 3 nitrogen and oxygen atoms in total. The van der Waals surface area contributed by atoms with E-state index in [9.17, 15) is 0 Å². The van der Waals surface area contributed by atoms with Gasteiger partial charge in [-0.1, -0.05) is 218 Å². The van der Waals surface area contributed by atoms with Gasteiger partial charge in [0.05, 0.1) is 22.2 Å². The Kier molecular flexibility index (Phi) is 8.88. The van der Waals surface area contributed by atoms with Crippen LogP contribution in [0.25, 0.3) is 55.3 Å². The van der Waals surface area contributed by atoms with Crippen molar-refractivity contribution in [2.75, 3.05) is 4.90 Å². The Morgan fingerprint density at radius 3 is 1.15 bits per heavy atom. The Bertz CT molecular complexity index is 4260. The number of hydrogen-bond acceptors (Lipinski definition) is 3. The quantitative estimate of drug-likeness (QED) is 0.172. The van der Waals surface area contributed by atoms with Crippen LogP contribution < -0.4 is 14.4 Å². The zero-order valence-corrected chi connectivity index (χ0v) is 40.7. The number of nitrogens with zero attached hydrogens (tertiary/aromatic N) is 1. The van der Waals surface area contributed by atoms with Gasteiger partial charge in [0, 0.05) is 39.1 Å². The Balaban J connectivity index is 0.974. The number of benzene rings is 12. The number of ether oxygens (including phenoxy) is 2. The van der Waals surface area contributed by atoms with E-state index in [-0.39, 0.29) is 0 Å². The molecule has 12 aromatic rings. The first kappa shape index (κ1) is 41.9. The molecule has 2 aliphatic carbocycles. The Morgan fingerprint density at radius 1 is 0.253 bits per heavy atom. The molecule has 0 N–H and O–H groups in total. The number of anilines is 3. The van der Waals surface area contributed by atoms with E-state index in [2.05, 4.69) is 278 Å². The summed E-state index contributed by atoms with van der Waals surface area (Å²) in [5.41, 5.74) is 21.0. The average molecular weight is 956 g/mol. The first-order chi connectivity index (χ1) is 37.2. The number of hydrogen-bond donors (Lipinski definition) is 0. The van der Waals surface area contributed by atoms with E-state index in [1.165, 1.54) is 66.6 Å². The van der Waals surface area contributed by atoms with Gasteiger partial charge in [0.25, 0.3) is 0 Å². The Labute approximate surface area is 435 Å². The second-order valence-corrected chi connectivity index (χ2v) is 20.2. The molecular weight excluding hydrogens is 911 g/mol. The van der Waals surface area contributed by atoms with Crippen LogP contribution in [0.3, 0.4) is 0 Å². The summed E-state index contributed by atoms with van der Waals surface area (Å²) < 4.78 is 13.7. The second-order valence-electron chi connectivity index (χ2n) is 20.2. The van der Waals surface area contributed by atoms with Gasteiger partial charge < -0.3 is 14.4 Å². The molecule has 0 bridgehead atoms. The van der Waals surface area contributed by atoms with Gasteiger partial charge in [0.2, 0.25) is 0 Å². The zero-order chi connectivity index (χ0) is 49.2. The summed E-state index contributed by atoms with van der Waals surface area (Å²) >= 11 is 0. The van der Waals surface area contributed by atoms with Crippen molar-refractivity contribution >= 4 is 27.8 Å². The van der Waals surface area contributed by atoms with Gasteiger partial charge in [-0.2, -0.15) is 0 Å². The molecule has 1 unspecified atom stereocenters. The summed E-state index contributed by atoms with van der Waals surface area (Å²) in [4.78, 5) is 2.55. The van der Waals surface area contributed by atoms with Crippen molar-refractivity contribution in [3.63, 3.8) is 0 Å². The van der Waals surface area contributed by atoms with Gasteiger partial charge in [0.15, 0.2) is 0 Å². The van der Waals surface area contributed by atoms with Crippen LogP contribution in [0.1, 0.15) is 44.5 Å². The van der Waals surface area contributed by atoms with Crippen LogP contribution in [0, 0.1) is 0 Å². The summed E-state index contributed by atoms with van der Waals surface area (Å²) in [6.07, 6.45) is 0. The molecule has 2 heterocycles. The SMILES string of the molecule is c1ccc(-c2ccc(-c3ccc(N(c4cccc5c4-c4ccccc4C54c5ccccc5Oc5ccccc54)c4cccc5c4-c4ccccc4C54c5ccccc5Oc5cc6ccccc6cc54)cc3)cc2)cc1.